The Morgan fingerprint density at radius 2 is 0.532 bits per heavy atom. The SMILES string of the molecule is Cc1ccc(N(c2ccc(C)cc2)c2ccc(-c3nnc(-c4ccc(N(c5ccc(C)cc5)c5ccc(C)cc5)cc4)o3)cc2)cc1. The van der Waals surface area contributed by atoms with Crippen molar-refractivity contribution in [3.8, 4) is 22.9 Å². The molecule has 230 valence electrons. The Kier molecular flexibility index (Phi) is 8.11. The van der Waals surface area contributed by atoms with E-state index in [0.717, 1.165) is 45.3 Å². The topological polar surface area (TPSA) is 45.4 Å². The van der Waals surface area contributed by atoms with E-state index in [1.807, 2.05) is 24.3 Å². The molecule has 7 rings (SSSR count). The molecule has 5 nitrogen and oxygen atoms in total. The Labute approximate surface area is 276 Å². The van der Waals surface area contributed by atoms with Crippen molar-refractivity contribution < 1.29 is 4.42 Å². The van der Waals surface area contributed by atoms with Crippen LogP contribution in [0, 0.1) is 27.7 Å². The first-order valence-electron chi connectivity index (χ1n) is 15.8. The van der Waals surface area contributed by atoms with Gasteiger partial charge in [-0.2, -0.15) is 0 Å². The van der Waals surface area contributed by atoms with E-state index in [0.29, 0.717) is 11.8 Å². The molecule has 0 aliphatic rings. The van der Waals surface area contributed by atoms with Gasteiger partial charge >= 0.3 is 0 Å². The van der Waals surface area contributed by atoms with Crippen LogP contribution in [0.5, 0.6) is 0 Å². The molecule has 0 aliphatic heterocycles. The molecule has 0 saturated carbocycles. The van der Waals surface area contributed by atoms with Gasteiger partial charge in [0.15, 0.2) is 0 Å². The van der Waals surface area contributed by atoms with Crippen molar-refractivity contribution in [2.45, 2.75) is 27.7 Å². The van der Waals surface area contributed by atoms with Crippen LogP contribution in [-0.2, 0) is 0 Å². The van der Waals surface area contributed by atoms with E-state index in [1.165, 1.54) is 22.3 Å². The normalized spacial score (nSPS) is 11.0. The molecule has 0 amide bonds. The average molecular weight is 613 g/mol. The Hall–Kier alpha value is -5.94. The van der Waals surface area contributed by atoms with Crippen LogP contribution < -0.4 is 9.80 Å². The van der Waals surface area contributed by atoms with Crippen LogP contribution in [0.25, 0.3) is 22.9 Å². The summed E-state index contributed by atoms with van der Waals surface area (Å²) in [6.45, 7) is 8.42. The molecule has 0 radical (unpaired) electrons. The van der Waals surface area contributed by atoms with Gasteiger partial charge in [0.2, 0.25) is 11.8 Å². The summed E-state index contributed by atoms with van der Waals surface area (Å²) < 4.78 is 6.20. The van der Waals surface area contributed by atoms with Crippen LogP contribution in [0.3, 0.4) is 0 Å². The predicted molar refractivity (Wildman–Crippen MR) is 193 cm³/mol. The Morgan fingerprint density at radius 1 is 0.319 bits per heavy atom. The van der Waals surface area contributed by atoms with Gasteiger partial charge in [0.1, 0.15) is 0 Å². The average Bonchev–Trinajstić information content (AvgIpc) is 3.60. The third-order valence-corrected chi connectivity index (χ3v) is 8.34. The highest BCUT2D eigenvalue weighted by molar-refractivity contribution is 5.79. The molecule has 5 heteroatoms. The first-order chi connectivity index (χ1) is 22.9. The number of aromatic nitrogens is 2. The number of hydrogen-bond acceptors (Lipinski definition) is 5. The van der Waals surface area contributed by atoms with E-state index in [-0.39, 0.29) is 0 Å². The summed E-state index contributed by atoms with van der Waals surface area (Å²) in [5.74, 6) is 0.961. The molecule has 0 atom stereocenters. The first kappa shape index (κ1) is 29.8. The number of benzene rings is 6. The molecule has 1 heterocycles. The Morgan fingerprint density at radius 3 is 0.766 bits per heavy atom. The molecule has 0 bridgehead atoms. The summed E-state index contributed by atoms with van der Waals surface area (Å²) in [7, 11) is 0. The summed E-state index contributed by atoms with van der Waals surface area (Å²) in [5.41, 5.74) is 13.1. The van der Waals surface area contributed by atoms with Gasteiger partial charge in [-0.05, 0) is 125 Å². The highest BCUT2D eigenvalue weighted by Crippen LogP contribution is 2.38. The second kappa shape index (κ2) is 12.8. The van der Waals surface area contributed by atoms with Crippen molar-refractivity contribution in [3.63, 3.8) is 0 Å². The number of anilines is 6. The molecular weight excluding hydrogens is 576 g/mol. The van der Waals surface area contributed by atoms with Crippen molar-refractivity contribution in [1.29, 1.82) is 0 Å². The van der Waals surface area contributed by atoms with Gasteiger partial charge in [0, 0.05) is 45.3 Å². The minimum Gasteiger partial charge on any atom is -0.416 e. The molecule has 47 heavy (non-hydrogen) atoms. The zero-order valence-corrected chi connectivity index (χ0v) is 27.1. The van der Waals surface area contributed by atoms with E-state index < -0.39 is 0 Å². The van der Waals surface area contributed by atoms with Crippen LogP contribution in [0.2, 0.25) is 0 Å². The molecule has 0 N–H and O–H groups in total. The van der Waals surface area contributed by atoms with Gasteiger partial charge in [-0.25, -0.2) is 0 Å². The highest BCUT2D eigenvalue weighted by atomic mass is 16.4. The largest absolute Gasteiger partial charge is 0.416 e. The van der Waals surface area contributed by atoms with E-state index in [4.69, 9.17) is 4.42 Å². The molecule has 1 aromatic heterocycles. The molecule has 0 saturated heterocycles. The lowest BCUT2D eigenvalue weighted by molar-refractivity contribution is 0.584. The lowest BCUT2D eigenvalue weighted by Gasteiger charge is -2.26. The maximum atomic E-state index is 6.20. The predicted octanol–water partition coefficient (Wildman–Crippen LogP) is 11.6. The van der Waals surface area contributed by atoms with Crippen LogP contribution in [0.1, 0.15) is 22.3 Å². The fourth-order valence-electron chi connectivity index (χ4n) is 5.63. The second-order valence-electron chi connectivity index (χ2n) is 12.0. The fraction of sp³-hybridized carbons (Fsp3) is 0.0952. The summed E-state index contributed by atoms with van der Waals surface area (Å²) in [5, 5.41) is 8.80. The van der Waals surface area contributed by atoms with Crippen molar-refractivity contribution in [3.05, 3.63) is 168 Å². The molecule has 0 spiro atoms. The smallest absolute Gasteiger partial charge is 0.248 e. The molecule has 0 unspecified atom stereocenters. The van der Waals surface area contributed by atoms with E-state index in [9.17, 15) is 0 Å². The first-order valence-corrected chi connectivity index (χ1v) is 15.8. The van der Waals surface area contributed by atoms with Crippen molar-refractivity contribution >= 4 is 34.1 Å². The van der Waals surface area contributed by atoms with Crippen molar-refractivity contribution in [2.75, 3.05) is 9.80 Å². The summed E-state index contributed by atoms with van der Waals surface area (Å²) >= 11 is 0. The van der Waals surface area contributed by atoms with E-state index >= 15 is 0 Å². The van der Waals surface area contributed by atoms with Gasteiger partial charge in [0.05, 0.1) is 0 Å². The fourth-order valence-corrected chi connectivity index (χ4v) is 5.63. The number of rotatable bonds is 8. The summed E-state index contributed by atoms with van der Waals surface area (Å²) in [6, 6.07) is 50.8. The lowest BCUT2D eigenvalue weighted by Crippen LogP contribution is -2.09. The minimum absolute atomic E-state index is 0.480. The van der Waals surface area contributed by atoms with Crippen LogP contribution in [0.4, 0.5) is 34.1 Å². The van der Waals surface area contributed by atoms with Gasteiger partial charge in [-0.15, -0.1) is 10.2 Å². The maximum Gasteiger partial charge on any atom is 0.248 e. The van der Waals surface area contributed by atoms with E-state index in [2.05, 4.69) is 169 Å². The molecule has 7 aromatic rings. The monoisotopic (exact) mass is 612 g/mol. The quantitative estimate of drug-likeness (QED) is 0.171. The minimum atomic E-state index is 0.480. The third-order valence-electron chi connectivity index (χ3n) is 8.34. The summed E-state index contributed by atoms with van der Waals surface area (Å²) in [6.07, 6.45) is 0. The Bertz CT molecular complexity index is 1830. The van der Waals surface area contributed by atoms with Crippen molar-refractivity contribution in [1.82, 2.24) is 10.2 Å². The Balaban J connectivity index is 1.15. The number of aryl methyl sites for hydroxylation is 4. The van der Waals surface area contributed by atoms with Gasteiger partial charge < -0.3 is 14.2 Å². The lowest BCUT2D eigenvalue weighted by atomic mass is 10.1. The van der Waals surface area contributed by atoms with Gasteiger partial charge in [-0.1, -0.05) is 70.8 Å². The van der Waals surface area contributed by atoms with Crippen LogP contribution in [0.15, 0.2) is 150 Å². The highest BCUT2D eigenvalue weighted by Gasteiger charge is 2.17. The molecule has 6 aromatic carbocycles. The summed E-state index contributed by atoms with van der Waals surface area (Å²) in [4.78, 5) is 4.50. The number of hydrogen-bond donors (Lipinski definition) is 0. The second-order valence-corrected chi connectivity index (χ2v) is 12.0. The molecule has 0 fully saturated rings. The van der Waals surface area contributed by atoms with E-state index in [1.54, 1.807) is 0 Å². The maximum absolute atomic E-state index is 6.20. The molecule has 0 aliphatic carbocycles. The van der Waals surface area contributed by atoms with Crippen molar-refractivity contribution in [2.24, 2.45) is 0 Å². The zero-order chi connectivity index (χ0) is 32.3. The number of nitrogens with zero attached hydrogens (tertiary/aromatic N) is 4. The third kappa shape index (κ3) is 6.42. The van der Waals surface area contributed by atoms with Crippen LogP contribution in [-0.4, -0.2) is 10.2 Å². The molecular formula is C42H36N4O. The zero-order valence-electron chi connectivity index (χ0n) is 27.1. The van der Waals surface area contributed by atoms with Crippen LogP contribution >= 0.6 is 0 Å². The van der Waals surface area contributed by atoms with Gasteiger partial charge in [-0.3, -0.25) is 0 Å². The standard InChI is InChI=1S/C42H36N4O/c1-29-5-17-35(18-6-29)45(36-19-7-30(2)8-20-36)39-25-13-33(14-26-39)41-43-44-42(47-41)34-15-27-40(28-16-34)46(37-21-9-31(3)10-22-37)38-23-11-32(4)12-24-38/h5-28H,1-4H3. The van der Waals surface area contributed by atoms with Gasteiger partial charge in [0.25, 0.3) is 0 Å².